The van der Waals surface area contributed by atoms with Crippen LogP contribution in [0.5, 0.6) is 5.75 Å². The van der Waals surface area contributed by atoms with Crippen molar-refractivity contribution in [1.29, 1.82) is 0 Å². The highest BCUT2D eigenvalue weighted by atomic mass is 19.1. The summed E-state index contributed by atoms with van der Waals surface area (Å²) in [5.74, 6) is 0.290. The summed E-state index contributed by atoms with van der Waals surface area (Å²) in [5.41, 5.74) is 6.52. The maximum absolute atomic E-state index is 13.0. The molecule has 2 unspecified atom stereocenters. The second-order valence-electron chi connectivity index (χ2n) is 3.86. The fourth-order valence-electron chi connectivity index (χ4n) is 1.85. The second kappa shape index (κ2) is 3.70. The standard InChI is InChI=1S/C11H15FN2O/c1-7-11(6-13)15-10-5-8(12)3-4-9(10)14(7)2/h3-5,7,11H,6,13H2,1-2H3. The van der Waals surface area contributed by atoms with Crippen LogP contribution in [-0.4, -0.2) is 25.7 Å². The fourth-order valence-corrected chi connectivity index (χ4v) is 1.85. The summed E-state index contributed by atoms with van der Waals surface area (Å²) in [6.45, 7) is 2.48. The summed E-state index contributed by atoms with van der Waals surface area (Å²) in [5, 5.41) is 0. The largest absolute Gasteiger partial charge is 0.485 e. The number of ether oxygens (including phenoxy) is 1. The molecule has 15 heavy (non-hydrogen) atoms. The monoisotopic (exact) mass is 210 g/mol. The molecular weight excluding hydrogens is 195 g/mol. The Labute approximate surface area is 88.6 Å². The average molecular weight is 210 g/mol. The zero-order valence-electron chi connectivity index (χ0n) is 8.90. The molecule has 1 aromatic carbocycles. The molecule has 0 fully saturated rings. The van der Waals surface area contributed by atoms with Gasteiger partial charge in [0.25, 0.3) is 0 Å². The molecule has 0 aromatic heterocycles. The lowest BCUT2D eigenvalue weighted by atomic mass is 10.1. The number of halogens is 1. The average Bonchev–Trinajstić information content (AvgIpc) is 2.23. The predicted molar refractivity (Wildman–Crippen MR) is 57.7 cm³/mol. The Balaban J connectivity index is 2.40. The minimum absolute atomic E-state index is 0.0794. The zero-order chi connectivity index (χ0) is 11.0. The van der Waals surface area contributed by atoms with Crippen LogP contribution in [0.4, 0.5) is 10.1 Å². The van der Waals surface area contributed by atoms with Gasteiger partial charge < -0.3 is 15.4 Å². The van der Waals surface area contributed by atoms with Crippen LogP contribution in [0.1, 0.15) is 6.92 Å². The van der Waals surface area contributed by atoms with Gasteiger partial charge in [-0.25, -0.2) is 4.39 Å². The molecule has 0 radical (unpaired) electrons. The molecule has 0 saturated heterocycles. The van der Waals surface area contributed by atoms with Crippen LogP contribution in [0.3, 0.4) is 0 Å². The van der Waals surface area contributed by atoms with Crippen LogP contribution in [0, 0.1) is 5.82 Å². The van der Waals surface area contributed by atoms with Crippen LogP contribution in [0.15, 0.2) is 18.2 Å². The molecule has 0 amide bonds. The number of hydrogen-bond acceptors (Lipinski definition) is 3. The van der Waals surface area contributed by atoms with Gasteiger partial charge in [-0.1, -0.05) is 0 Å². The molecule has 0 spiro atoms. The Bertz CT molecular complexity index is 370. The SMILES string of the molecule is CC1C(CN)Oc2cc(F)ccc2N1C. The van der Waals surface area contributed by atoms with E-state index in [-0.39, 0.29) is 18.0 Å². The summed E-state index contributed by atoms with van der Waals surface area (Å²) in [7, 11) is 1.96. The van der Waals surface area contributed by atoms with Crippen molar-refractivity contribution in [3.05, 3.63) is 24.0 Å². The number of nitrogens with zero attached hydrogens (tertiary/aromatic N) is 1. The molecule has 4 heteroatoms. The van der Waals surface area contributed by atoms with E-state index >= 15 is 0 Å². The van der Waals surface area contributed by atoms with Gasteiger partial charge in [0, 0.05) is 19.7 Å². The van der Waals surface area contributed by atoms with Crippen molar-refractivity contribution in [1.82, 2.24) is 0 Å². The maximum Gasteiger partial charge on any atom is 0.146 e. The van der Waals surface area contributed by atoms with Crippen molar-refractivity contribution in [3.63, 3.8) is 0 Å². The van der Waals surface area contributed by atoms with Gasteiger partial charge in [0.1, 0.15) is 17.7 Å². The summed E-state index contributed by atoms with van der Waals surface area (Å²) in [6, 6.07) is 4.77. The molecule has 0 bridgehead atoms. The Morgan fingerprint density at radius 1 is 1.53 bits per heavy atom. The van der Waals surface area contributed by atoms with Gasteiger partial charge in [0.2, 0.25) is 0 Å². The molecule has 0 aliphatic carbocycles. The van der Waals surface area contributed by atoms with E-state index in [9.17, 15) is 4.39 Å². The topological polar surface area (TPSA) is 38.5 Å². The second-order valence-corrected chi connectivity index (χ2v) is 3.86. The van der Waals surface area contributed by atoms with Crippen LogP contribution in [0.2, 0.25) is 0 Å². The van der Waals surface area contributed by atoms with Crippen molar-refractivity contribution in [2.75, 3.05) is 18.5 Å². The normalized spacial score (nSPS) is 24.7. The van der Waals surface area contributed by atoms with Crippen LogP contribution in [0.25, 0.3) is 0 Å². The van der Waals surface area contributed by atoms with E-state index in [1.54, 1.807) is 6.07 Å². The number of rotatable bonds is 1. The quantitative estimate of drug-likeness (QED) is 0.760. The first-order valence-electron chi connectivity index (χ1n) is 5.02. The lowest BCUT2D eigenvalue weighted by Crippen LogP contribution is -2.49. The van der Waals surface area contributed by atoms with Crippen molar-refractivity contribution in [2.45, 2.75) is 19.1 Å². The van der Waals surface area contributed by atoms with Gasteiger partial charge in [-0.05, 0) is 19.1 Å². The first-order valence-corrected chi connectivity index (χ1v) is 5.02. The number of fused-ring (bicyclic) bond motifs is 1. The molecule has 0 saturated carbocycles. The molecule has 1 aliphatic heterocycles. The molecule has 3 nitrogen and oxygen atoms in total. The third-order valence-electron chi connectivity index (χ3n) is 2.96. The van der Waals surface area contributed by atoms with E-state index in [1.807, 2.05) is 14.0 Å². The lowest BCUT2D eigenvalue weighted by molar-refractivity contribution is 0.168. The van der Waals surface area contributed by atoms with E-state index in [2.05, 4.69) is 4.90 Å². The van der Waals surface area contributed by atoms with E-state index in [0.717, 1.165) is 5.69 Å². The number of anilines is 1. The third-order valence-corrected chi connectivity index (χ3v) is 2.96. The number of hydrogen-bond donors (Lipinski definition) is 1. The van der Waals surface area contributed by atoms with E-state index in [4.69, 9.17) is 10.5 Å². The highest BCUT2D eigenvalue weighted by Crippen LogP contribution is 2.35. The minimum Gasteiger partial charge on any atom is -0.485 e. The van der Waals surface area contributed by atoms with Gasteiger partial charge >= 0.3 is 0 Å². The number of nitrogens with two attached hydrogens (primary N) is 1. The molecule has 1 aromatic rings. The first-order chi connectivity index (χ1) is 7.13. The highest BCUT2D eigenvalue weighted by molar-refractivity contribution is 5.60. The number of likely N-dealkylation sites (N-methyl/N-ethyl adjacent to an activating group) is 1. The Hall–Kier alpha value is -1.29. The van der Waals surface area contributed by atoms with Gasteiger partial charge in [-0.15, -0.1) is 0 Å². The molecule has 2 N–H and O–H groups in total. The minimum atomic E-state index is -0.285. The van der Waals surface area contributed by atoms with E-state index in [0.29, 0.717) is 12.3 Å². The van der Waals surface area contributed by atoms with Crippen LogP contribution >= 0.6 is 0 Å². The van der Waals surface area contributed by atoms with E-state index < -0.39 is 0 Å². The number of benzene rings is 1. The van der Waals surface area contributed by atoms with E-state index in [1.165, 1.54) is 12.1 Å². The van der Waals surface area contributed by atoms with Crippen LogP contribution in [-0.2, 0) is 0 Å². The fraction of sp³-hybridized carbons (Fsp3) is 0.455. The first kappa shape index (κ1) is 10.2. The van der Waals surface area contributed by atoms with Crippen molar-refractivity contribution >= 4 is 5.69 Å². The van der Waals surface area contributed by atoms with Gasteiger partial charge in [0.05, 0.1) is 11.7 Å². The predicted octanol–water partition coefficient (Wildman–Crippen LogP) is 1.37. The molecule has 82 valence electrons. The van der Waals surface area contributed by atoms with Crippen molar-refractivity contribution in [2.24, 2.45) is 5.73 Å². The molecular formula is C11H15FN2O. The molecule has 2 atom stereocenters. The Kier molecular flexibility index (Phi) is 2.52. The lowest BCUT2D eigenvalue weighted by Gasteiger charge is -2.39. The van der Waals surface area contributed by atoms with Gasteiger partial charge in [0.15, 0.2) is 0 Å². The summed E-state index contributed by atoms with van der Waals surface area (Å²) in [4.78, 5) is 2.07. The third kappa shape index (κ3) is 1.65. The smallest absolute Gasteiger partial charge is 0.146 e. The highest BCUT2D eigenvalue weighted by Gasteiger charge is 2.29. The molecule has 1 heterocycles. The Morgan fingerprint density at radius 3 is 2.93 bits per heavy atom. The summed E-state index contributed by atoms with van der Waals surface area (Å²) < 4.78 is 18.7. The zero-order valence-corrected chi connectivity index (χ0v) is 8.90. The van der Waals surface area contributed by atoms with Crippen molar-refractivity contribution < 1.29 is 9.13 Å². The van der Waals surface area contributed by atoms with Gasteiger partial charge in [-0.3, -0.25) is 0 Å². The molecule has 1 aliphatic rings. The van der Waals surface area contributed by atoms with Gasteiger partial charge in [-0.2, -0.15) is 0 Å². The van der Waals surface area contributed by atoms with Crippen LogP contribution < -0.4 is 15.4 Å². The van der Waals surface area contributed by atoms with Crippen molar-refractivity contribution in [3.8, 4) is 5.75 Å². The molecule has 2 rings (SSSR count). The Morgan fingerprint density at radius 2 is 2.27 bits per heavy atom. The summed E-state index contributed by atoms with van der Waals surface area (Å²) in [6.07, 6.45) is -0.0794. The maximum atomic E-state index is 13.0. The summed E-state index contributed by atoms with van der Waals surface area (Å²) >= 11 is 0.